The van der Waals surface area contributed by atoms with E-state index in [1.165, 1.54) is 11.3 Å². The molecule has 0 saturated carbocycles. The minimum atomic E-state index is 0.511. The standard InChI is InChI=1S/C16H9Cl2N5S/c17-11-4-5-12(13(18)8-11)15-20-21-16-23(15)22-14(24-16)6-3-10-2-1-7-19-9-10/h1-9H. The number of pyridine rings is 1. The van der Waals surface area contributed by atoms with Crippen LogP contribution in [0.25, 0.3) is 28.5 Å². The molecule has 8 heteroatoms. The van der Waals surface area contributed by atoms with Gasteiger partial charge in [-0.1, -0.05) is 46.7 Å². The van der Waals surface area contributed by atoms with Crippen LogP contribution in [0.15, 0.2) is 42.7 Å². The number of nitrogens with zero attached hydrogens (tertiary/aromatic N) is 5. The zero-order valence-corrected chi connectivity index (χ0v) is 14.4. The molecule has 5 nitrogen and oxygen atoms in total. The number of hydrogen-bond donors (Lipinski definition) is 0. The molecule has 0 aliphatic heterocycles. The summed E-state index contributed by atoms with van der Waals surface area (Å²) in [4.78, 5) is 4.78. The van der Waals surface area contributed by atoms with Gasteiger partial charge in [0, 0.05) is 23.0 Å². The lowest BCUT2D eigenvalue weighted by Gasteiger charge is -2.00. The molecule has 1 aromatic carbocycles. The first kappa shape index (κ1) is 15.3. The highest BCUT2D eigenvalue weighted by Crippen LogP contribution is 2.30. The highest BCUT2D eigenvalue weighted by molar-refractivity contribution is 7.17. The molecule has 3 heterocycles. The molecule has 0 bridgehead atoms. The summed E-state index contributed by atoms with van der Waals surface area (Å²) in [7, 11) is 0. The minimum absolute atomic E-state index is 0.511. The van der Waals surface area contributed by atoms with Crippen molar-refractivity contribution in [3.63, 3.8) is 0 Å². The van der Waals surface area contributed by atoms with Crippen molar-refractivity contribution in [2.24, 2.45) is 0 Å². The van der Waals surface area contributed by atoms with Crippen LogP contribution in [0.2, 0.25) is 10.0 Å². The first-order valence-corrected chi connectivity index (χ1v) is 8.54. The van der Waals surface area contributed by atoms with Crippen LogP contribution in [0.4, 0.5) is 0 Å². The molecule has 0 aliphatic carbocycles. The molecule has 24 heavy (non-hydrogen) atoms. The Hall–Kier alpha value is -2.28. The SMILES string of the molecule is Clc1ccc(-c2nnc3sc(C=Cc4cccnc4)nn23)c(Cl)c1. The minimum Gasteiger partial charge on any atom is -0.264 e. The molecule has 0 radical (unpaired) electrons. The lowest BCUT2D eigenvalue weighted by molar-refractivity contribution is 0.960. The van der Waals surface area contributed by atoms with E-state index in [9.17, 15) is 0 Å². The summed E-state index contributed by atoms with van der Waals surface area (Å²) in [6, 6.07) is 9.11. The number of halogens is 2. The van der Waals surface area contributed by atoms with Gasteiger partial charge in [-0.2, -0.15) is 9.61 Å². The Morgan fingerprint density at radius 2 is 2.00 bits per heavy atom. The van der Waals surface area contributed by atoms with Crippen LogP contribution in [-0.2, 0) is 0 Å². The smallest absolute Gasteiger partial charge is 0.235 e. The fourth-order valence-electron chi connectivity index (χ4n) is 2.18. The molecule has 3 aromatic heterocycles. The Kier molecular flexibility index (Phi) is 4.02. The lowest BCUT2D eigenvalue weighted by atomic mass is 10.2. The first-order chi connectivity index (χ1) is 11.7. The summed E-state index contributed by atoms with van der Waals surface area (Å²) in [6.45, 7) is 0. The molecule has 0 fully saturated rings. The summed E-state index contributed by atoms with van der Waals surface area (Å²) in [5.41, 5.74) is 1.74. The predicted molar refractivity (Wildman–Crippen MR) is 97.3 cm³/mol. The number of benzene rings is 1. The molecule has 0 N–H and O–H groups in total. The van der Waals surface area contributed by atoms with Crippen LogP contribution in [-0.4, -0.2) is 24.8 Å². The van der Waals surface area contributed by atoms with Gasteiger partial charge in [-0.25, -0.2) is 0 Å². The van der Waals surface area contributed by atoms with Gasteiger partial charge in [0.05, 0.1) is 5.02 Å². The van der Waals surface area contributed by atoms with Gasteiger partial charge in [0.25, 0.3) is 0 Å². The van der Waals surface area contributed by atoms with E-state index in [4.69, 9.17) is 23.2 Å². The van der Waals surface area contributed by atoms with Crippen LogP contribution in [0, 0.1) is 0 Å². The van der Waals surface area contributed by atoms with E-state index >= 15 is 0 Å². The average Bonchev–Trinajstić information content (AvgIpc) is 3.15. The quantitative estimate of drug-likeness (QED) is 0.521. The molecule has 0 atom stereocenters. The zero-order valence-electron chi connectivity index (χ0n) is 12.1. The average molecular weight is 374 g/mol. The number of aromatic nitrogens is 5. The summed E-state index contributed by atoms with van der Waals surface area (Å²) in [5, 5.41) is 14.8. The van der Waals surface area contributed by atoms with Crippen molar-refractivity contribution in [2.45, 2.75) is 0 Å². The lowest BCUT2D eigenvalue weighted by Crippen LogP contribution is -1.91. The van der Waals surface area contributed by atoms with Crippen molar-refractivity contribution >= 4 is 51.7 Å². The second-order valence-electron chi connectivity index (χ2n) is 4.90. The Balaban J connectivity index is 1.72. The monoisotopic (exact) mass is 373 g/mol. The molecule has 0 aliphatic rings. The van der Waals surface area contributed by atoms with Crippen LogP contribution in [0.1, 0.15) is 10.6 Å². The Morgan fingerprint density at radius 3 is 2.79 bits per heavy atom. The molecule has 0 amide bonds. The Morgan fingerprint density at radius 1 is 1.08 bits per heavy atom. The van der Waals surface area contributed by atoms with E-state index < -0.39 is 0 Å². The maximum atomic E-state index is 6.26. The van der Waals surface area contributed by atoms with Crippen molar-refractivity contribution in [1.29, 1.82) is 0 Å². The summed E-state index contributed by atoms with van der Waals surface area (Å²) < 4.78 is 1.68. The highest BCUT2D eigenvalue weighted by Gasteiger charge is 2.15. The summed E-state index contributed by atoms with van der Waals surface area (Å²) >= 11 is 13.6. The van der Waals surface area contributed by atoms with Crippen LogP contribution in [0.3, 0.4) is 0 Å². The predicted octanol–water partition coefficient (Wildman–Crippen LogP) is 4.73. The maximum Gasteiger partial charge on any atom is 0.235 e. The van der Waals surface area contributed by atoms with Crippen LogP contribution >= 0.6 is 34.5 Å². The third kappa shape index (κ3) is 2.91. The zero-order chi connectivity index (χ0) is 16.5. The van der Waals surface area contributed by atoms with E-state index in [1.54, 1.807) is 29.0 Å². The topological polar surface area (TPSA) is 56.0 Å². The van der Waals surface area contributed by atoms with E-state index in [-0.39, 0.29) is 0 Å². The van der Waals surface area contributed by atoms with E-state index in [2.05, 4.69) is 20.3 Å². The van der Waals surface area contributed by atoms with Gasteiger partial charge in [0.2, 0.25) is 4.96 Å². The first-order valence-electron chi connectivity index (χ1n) is 6.96. The van der Waals surface area contributed by atoms with Crippen molar-refractivity contribution in [2.75, 3.05) is 0 Å². The molecular formula is C16H9Cl2N5S. The van der Waals surface area contributed by atoms with Gasteiger partial charge in [-0.3, -0.25) is 4.98 Å². The van der Waals surface area contributed by atoms with Crippen LogP contribution in [0.5, 0.6) is 0 Å². The Bertz CT molecular complexity index is 1040. The molecule has 0 saturated heterocycles. The fourth-order valence-corrected chi connectivity index (χ4v) is 3.41. The van der Waals surface area contributed by atoms with Gasteiger partial charge in [-0.05, 0) is 35.9 Å². The van der Waals surface area contributed by atoms with Gasteiger partial charge < -0.3 is 0 Å². The normalized spacial score (nSPS) is 11.6. The van der Waals surface area contributed by atoms with Crippen molar-refractivity contribution in [3.05, 3.63) is 63.3 Å². The number of rotatable bonds is 3. The number of hydrogen-bond acceptors (Lipinski definition) is 5. The highest BCUT2D eigenvalue weighted by atomic mass is 35.5. The van der Waals surface area contributed by atoms with Crippen LogP contribution < -0.4 is 0 Å². The number of fused-ring (bicyclic) bond motifs is 1. The van der Waals surface area contributed by atoms with Crippen molar-refractivity contribution in [1.82, 2.24) is 24.8 Å². The molecule has 0 unspecified atom stereocenters. The Labute approximate surface area is 151 Å². The van der Waals surface area contributed by atoms with Gasteiger partial charge in [0.1, 0.15) is 5.01 Å². The molecule has 4 rings (SSSR count). The summed E-state index contributed by atoms with van der Waals surface area (Å²) in [5.74, 6) is 0.587. The second-order valence-corrected chi connectivity index (χ2v) is 6.73. The van der Waals surface area contributed by atoms with Gasteiger partial charge >= 0.3 is 0 Å². The van der Waals surface area contributed by atoms with Crippen molar-refractivity contribution in [3.8, 4) is 11.4 Å². The molecule has 118 valence electrons. The van der Waals surface area contributed by atoms with Crippen molar-refractivity contribution < 1.29 is 0 Å². The maximum absolute atomic E-state index is 6.26. The third-order valence-electron chi connectivity index (χ3n) is 3.28. The van der Waals surface area contributed by atoms with E-state index in [0.717, 1.165) is 16.1 Å². The molecule has 4 aromatic rings. The van der Waals surface area contributed by atoms with Gasteiger partial charge in [0.15, 0.2) is 5.82 Å². The van der Waals surface area contributed by atoms with E-state index in [0.29, 0.717) is 20.8 Å². The molecular weight excluding hydrogens is 365 g/mol. The fraction of sp³-hybridized carbons (Fsp3) is 0. The second kappa shape index (κ2) is 6.32. The largest absolute Gasteiger partial charge is 0.264 e. The van der Waals surface area contributed by atoms with E-state index in [1.807, 2.05) is 30.4 Å². The molecule has 0 spiro atoms. The summed E-state index contributed by atoms with van der Waals surface area (Å²) in [6.07, 6.45) is 7.40. The van der Waals surface area contributed by atoms with Gasteiger partial charge in [-0.15, -0.1) is 10.2 Å². The third-order valence-corrected chi connectivity index (χ3v) is 4.69.